The number of hydrogen-bond donors (Lipinski definition) is 0. The van der Waals surface area contributed by atoms with Crippen LogP contribution in [0.25, 0.3) is 6.08 Å². The van der Waals surface area contributed by atoms with Crippen LogP contribution in [0.3, 0.4) is 0 Å². The summed E-state index contributed by atoms with van der Waals surface area (Å²) in [6.45, 7) is 7.58. The molecule has 4 heteroatoms. The topological polar surface area (TPSA) is 38.8 Å². The van der Waals surface area contributed by atoms with Crippen LogP contribution in [0.15, 0.2) is 54.3 Å². The van der Waals surface area contributed by atoms with E-state index in [-0.39, 0.29) is 5.78 Å². The van der Waals surface area contributed by atoms with Gasteiger partial charge in [0, 0.05) is 23.7 Å². The summed E-state index contributed by atoms with van der Waals surface area (Å²) >= 11 is 0. The van der Waals surface area contributed by atoms with Crippen molar-refractivity contribution in [3.8, 4) is 11.5 Å². The molecule has 0 aliphatic carbocycles. The van der Waals surface area contributed by atoms with Crippen LogP contribution in [0, 0.1) is 6.92 Å². The standard InChI is InChI=1S/C23H23NO3/c1-15(2)24-13-18-12-19-21(25)20(11-7-10-17-8-5-4-6-9-17)27-23(19)16(3)22(18)26-14-24/h4-12,15H,13-14H2,1-3H3/b10-7+,20-11-. The second-order valence-electron chi connectivity index (χ2n) is 7.21. The highest BCUT2D eigenvalue weighted by atomic mass is 16.5. The van der Waals surface area contributed by atoms with Crippen LogP contribution in [-0.4, -0.2) is 23.5 Å². The number of fused-ring (bicyclic) bond motifs is 2. The summed E-state index contributed by atoms with van der Waals surface area (Å²) in [5, 5.41) is 0. The number of allylic oxidation sites excluding steroid dienone is 3. The maximum absolute atomic E-state index is 12.8. The zero-order valence-corrected chi connectivity index (χ0v) is 15.9. The minimum Gasteiger partial charge on any atom is -0.477 e. The van der Waals surface area contributed by atoms with E-state index < -0.39 is 0 Å². The van der Waals surface area contributed by atoms with Gasteiger partial charge in [-0.15, -0.1) is 0 Å². The van der Waals surface area contributed by atoms with E-state index in [9.17, 15) is 4.79 Å². The van der Waals surface area contributed by atoms with Gasteiger partial charge in [0.1, 0.15) is 18.2 Å². The average molecular weight is 361 g/mol. The fourth-order valence-electron chi connectivity index (χ4n) is 3.42. The molecule has 0 unspecified atom stereocenters. The molecule has 0 N–H and O–H groups in total. The molecule has 0 fully saturated rings. The number of ketones is 1. The van der Waals surface area contributed by atoms with Gasteiger partial charge in [0.05, 0.1) is 5.56 Å². The Labute approximate surface area is 159 Å². The number of carbonyl (C=O) groups is 1. The summed E-state index contributed by atoms with van der Waals surface area (Å²) in [4.78, 5) is 15.0. The van der Waals surface area contributed by atoms with Gasteiger partial charge in [-0.1, -0.05) is 42.5 Å². The molecule has 2 aliphatic rings. The Bertz CT molecular complexity index is 942. The van der Waals surface area contributed by atoms with E-state index in [0.29, 0.717) is 29.8 Å². The minimum absolute atomic E-state index is 0.0738. The first kappa shape index (κ1) is 17.6. The number of rotatable bonds is 3. The molecule has 0 aromatic heterocycles. The predicted octanol–water partition coefficient (Wildman–Crippen LogP) is 4.73. The van der Waals surface area contributed by atoms with Crippen molar-refractivity contribution in [3.63, 3.8) is 0 Å². The molecule has 138 valence electrons. The number of hydrogen-bond acceptors (Lipinski definition) is 4. The molecule has 0 saturated heterocycles. The highest BCUT2D eigenvalue weighted by molar-refractivity contribution is 6.13. The van der Waals surface area contributed by atoms with E-state index in [0.717, 1.165) is 29.0 Å². The molecule has 0 radical (unpaired) electrons. The lowest BCUT2D eigenvalue weighted by Gasteiger charge is -2.32. The Balaban J connectivity index is 1.62. The fourth-order valence-corrected chi connectivity index (χ4v) is 3.42. The average Bonchev–Trinajstić information content (AvgIpc) is 2.99. The molecule has 2 aromatic carbocycles. The maximum Gasteiger partial charge on any atom is 0.231 e. The SMILES string of the molecule is Cc1c2c(cc3c1O/C(=C\C=C\c1ccccc1)C3=O)CN(C(C)C)CO2. The first-order valence-electron chi connectivity index (χ1n) is 9.24. The lowest BCUT2D eigenvalue weighted by atomic mass is 10.00. The summed E-state index contributed by atoms with van der Waals surface area (Å²) in [5.41, 5.74) is 3.64. The zero-order chi connectivity index (χ0) is 19.0. The molecular formula is C23H23NO3. The van der Waals surface area contributed by atoms with Crippen molar-refractivity contribution < 1.29 is 14.3 Å². The van der Waals surface area contributed by atoms with Gasteiger partial charge in [0.2, 0.25) is 5.78 Å². The van der Waals surface area contributed by atoms with Gasteiger partial charge in [-0.2, -0.15) is 0 Å². The van der Waals surface area contributed by atoms with Crippen molar-refractivity contribution in [2.75, 3.05) is 6.73 Å². The molecule has 2 aliphatic heterocycles. The quantitative estimate of drug-likeness (QED) is 0.741. The van der Waals surface area contributed by atoms with E-state index in [4.69, 9.17) is 9.47 Å². The Morgan fingerprint density at radius 1 is 1.15 bits per heavy atom. The largest absolute Gasteiger partial charge is 0.477 e. The van der Waals surface area contributed by atoms with Crippen LogP contribution in [0.5, 0.6) is 11.5 Å². The van der Waals surface area contributed by atoms with Crippen LogP contribution in [0.4, 0.5) is 0 Å². The number of benzene rings is 2. The van der Waals surface area contributed by atoms with Gasteiger partial charge in [-0.25, -0.2) is 0 Å². The van der Waals surface area contributed by atoms with Gasteiger partial charge >= 0.3 is 0 Å². The van der Waals surface area contributed by atoms with Crippen molar-refractivity contribution in [2.24, 2.45) is 0 Å². The Morgan fingerprint density at radius 2 is 1.93 bits per heavy atom. The molecule has 0 atom stereocenters. The summed E-state index contributed by atoms with van der Waals surface area (Å²) in [7, 11) is 0. The van der Waals surface area contributed by atoms with Gasteiger partial charge in [-0.05, 0) is 38.5 Å². The van der Waals surface area contributed by atoms with Crippen LogP contribution in [0.2, 0.25) is 0 Å². The molecular weight excluding hydrogens is 338 g/mol. The van der Waals surface area contributed by atoms with E-state index in [1.807, 2.05) is 55.5 Å². The highest BCUT2D eigenvalue weighted by Crippen LogP contribution is 2.43. The predicted molar refractivity (Wildman–Crippen MR) is 106 cm³/mol. The van der Waals surface area contributed by atoms with Gasteiger partial charge in [-0.3, -0.25) is 9.69 Å². The van der Waals surface area contributed by atoms with Crippen LogP contribution >= 0.6 is 0 Å². The fraction of sp³-hybridized carbons (Fsp3) is 0.261. The summed E-state index contributed by atoms with van der Waals surface area (Å²) < 4.78 is 11.9. The highest BCUT2D eigenvalue weighted by Gasteiger charge is 2.33. The molecule has 2 aromatic rings. The van der Waals surface area contributed by atoms with E-state index in [1.165, 1.54) is 0 Å². The molecule has 0 saturated carbocycles. The molecule has 0 spiro atoms. The lowest BCUT2D eigenvalue weighted by molar-refractivity contribution is 0.0678. The second kappa shape index (κ2) is 7.05. The molecule has 4 nitrogen and oxygen atoms in total. The third-order valence-corrected chi connectivity index (χ3v) is 5.03. The zero-order valence-electron chi connectivity index (χ0n) is 15.9. The second-order valence-corrected chi connectivity index (χ2v) is 7.21. The maximum atomic E-state index is 12.8. The van der Waals surface area contributed by atoms with Gasteiger partial charge in [0.25, 0.3) is 0 Å². The van der Waals surface area contributed by atoms with Gasteiger partial charge in [0.15, 0.2) is 5.76 Å². The van der Waals surface area contributed by atoms with Crippen molar-refractivity contribution >= 4 is 11.9 Å². The van der Waals surface area contributed by atoms with Gasteiger partial charge < -0.3 is 9.47 Å². The monoisotopic (exact) mass is 361 g/mol. The Hall–Kier alpha value is -2.85. The molecule has 0 amide bonds. The minimum atomic E-state index is -0.0738. The number of nitrogens with zero attached hydrogens (tertiary/aromatic N) is 1. The molecule has 2 heterocycles. The van der Waals surface area contributed by atoms with Crippen molar-refractivity contribution in [1.29, 1.82) is 0 Å². The first-order chi connectivity index (χ1) is 13.0. The Kier molecular flexibility index (Phi) is 4.58. The molecule has 4 rings (SSSR count). The third kappa shape index (κ3) is 3.28. The van der Waals surface area contributed by atoms with Crippen LogP contribution in [-0.2, 0) is 6.54 Å². The first-order valence-corrected chi connectivity index (χ1v) is 9.24. The number of Topliss-reactive ketones (excluding diaryl/α,β-unsaturated/α-hetero) is 1. The number of ether oxygens (including phenoxy) is 2. The third-order valence-electron chi connectivity index (χ3n) is 5.03. The van der Waals surface area contributed by atoms with E-state index >= 15 is 0 Å². The normalized spacial score (nSPS) is 17.9. The summed E-state index contributed by atoms with van der Waals surface area (Å²) in [6, 6.07) is 12.3. The van der Waals surface area contributed by atoms with Crippen molar-refractivity contribution in [2.45, 2.75) is 33.4 Å². The van der Waals surface area contributed by atoms with Crippen molar-refractivity contribution in [3.05, 3.63) is 76.6 Å². The lowest BCUT2D eigenvalue weighted by Crippen LogP contribution is -2.37. The summed E-state index contributed by atoms with van der Waals surface area (Å²) in [6.07, 6.45) is 5.53. The van der Waals surface area contributed by atoms with E-state index in [1.54, 1.807) is 6.08 Å². The van der Waals surface area contributed by atoms with Crippen LogP contribution in [0.1, 0.15) is 40.9 Å². The summed E-state index contributed by atoms with van der Waals surface area (Å²) in [5.74, 6) is 1.74. The Morgan fingerprint density at radius 3 is 2.67 bits per heavy atom. The van der Waals surface area contributed by atoms with Crippen LogP contribution < -0.4 is 9.47 Å². The van der Waals surface area contributed by atoms with E-state index in [2.05, 4.69) is 18.7 Å². The number of carbonyl (C=O) groups excluding carboxylic acids is 1. The molecule has 27 heavy (non-hydrogen) atoms. The smallest absolute Gasteiger partial charge is 0.231 e. The van der Waals surface area contributed by atoms with Crippen molar-refractivity contribution in [1.82, 2.24) is 4.90 Å². The molecule has 0 bridgehead atoms.